The summed E-state index contributed by atoms with van der Waals surface area (Å²) in [7, 11) is 0. The number of morpholine rings is 1. The van der Waals surface area contributed by atoms with Gasteiger partial charge in [-0.1, -0.05) is 12.8 Å². The number of hydrogen-bond acceptors (Lipinski definition) is 4. The number of nitrogens with zero attached hydrogens (tertiary/aromatic N) is 2. The van der Waals surface area contributed by atoms with E-state index in [-0.39, 0.29) is 0 Å². The Morgan fingerprint density at radius 1 is 0.850 bits per heavy atom. The van der Waals surface area contributed by atoms with Crippen LogP contribution in [0.4, 0.5) is 17.1 Å². The molecule has 0 radical (unpaired) electrons. The summed E-state index contributed by atoms with van der Waals surface area (Å²) in [6.07, 6.45) is 5.26. The van der Waals surface area contributed by atoms with Crippen molar-refractivity contribution in [2.45, 2.75) is 25.7 Å². The van der Waals surface area contributed by atoms with E-state index in [1.54, 1.807) is 0 Å². The fourth-order valence-electron chi connectivity index (χ4n) is 3.16. The summed E-state index contributed by atoms with van der Waals surface area (Å²) in [5.74, 6) is 0. The normalized spacial score (nSPS) is 20.8. The van der Waals surface area contributed by atoms with Crippen molar-refractivity contribution >= 4 is 17.1 Å². The zero-order valence-corrected chi connectivity index (χ0v) is 12.2. The Morgan fingerprint density at radius 3 is 2.20 bits per heavy atom. The minimum atomic E-state index is 0.813. The van der Waals surface area contributed by atoms with Gasteiger partial charge >= 0.3 is 0 Å². The summed E-state index contributed by atoms with van der Waals surface area (Å²) < 4.78 is 5.40. The molecule has 4 nitrogen and oxygen atoms in total. The van der Waals surface area contributed by atoms with Crippen LogP contribution in [0.3, 0.4) is 0 Å². The summed E-state index contributed by atoms with van der Waals surface area (Å²) >= 11 is 0. The van der Waals surface area contributed by atoms with Gasteiger partial charge in [-0.05, 0) is 31.0 Å². The summed E-state index contributed by atoms with van der Waals surface area (Å²) in [6, 6.07) is 6.54. The van der Waals surface area contributed by atoms with Crippen LogP contribution in [0.25, 0.3) is 0 Å². The molecule has 2 fully saturated rings. The van der Waals surface area contributed by atoms with Crippen LogP contribution in [0.2, 0.25) is 0 Å². The standard InChI is InChI=1S/C16H25N3O/c17-15-13-14(18-9-11-20-12-10-18)5-6-16(15)19-7-3-1-2-4-8-19/h5-6,13H,1-4,7-12,17H2. The number of ether oxygens (including phenoxy) is 1. The average Bonchev–Trinajstić information content (AvgIpc) is 2.77. The summed E-state index contributed by atoms with van der Waals surface area (Å²) in [4.78, 5) is 4.80. The Hall–Kier alpha value is -1.42. The molecule has 1 aromatic carbocycles. The van der Waals surface area contributed by atoms with Crippen molar-refractivity contribution in [2.75, 3.05) is 54.9 Å². The van der Waals surface area contributed by atoms with E-state index >= 15 is 0 Å². The first-order chi connectivity index (χ1) is 9.84. The lowest BCUT2D eigenvalue weighted by Gasteiger charge is -2.30. The predicted octanol–water partition coefficient (Wildman–Crippen LogP) is 2.49. The Morgan fingerprint density at radius 2 is 1.55 bits per heavy atom. The highest BCUT2D eigenvalue weighted by Gasteiger charge is 2.15. The molecule has 2 aliphatic heterocycles. The molecule has 0 aromatic heterocycles. The van der Waals surface area contributed by atoms with Gasteiger partial charge in [-0.2, -0.15) is 0 Å². The lowest BCUT2D eigenvalue weighted by atomic mass is 10.2. The minimum absolute atomic E-state index is 0.813. The van der Waals surface area contributed by atoms with Crippen molar-refractivity contribution < 1.29 is 4.74 Å². The van der Waals surface area contributed by atoms with Crippen molar-refractivity contribution in [3.05, 3.63) is 18.2 Å². The largest absolute Gasteiger partial charge is 0.397 e. The molecule has 0 amide bonds. The zero-order chi connectivity index (χ0) is 13.8. The van der Waals surface area contributed by atoms with Crippen LogP contribution in [0.5, 0.6) is 0 Å². The Kier molecular flexibility index (Phi) is 4.31. The molecule has 0 atom stereocenters. The molecule has 2 saturated heterocycles. The van der Waals surface area contributed by atoms with Gasteiger partial charge in [0.15, 0.2) is 0 Å². The molecular formula is C16H25N3O. The minimum Gasteiger partial charge on any atom is -0.397 e. The highest BCUT2D eigenvalue weighted by Crippen LogP contribution is 2.30. The fraction of sp³-hybridized carbons (Fsp3) is 0.625. The third-order valence-electron chi connectivity index (χ3n) is 4.33. The van der Waals surface area contributed by atoms with Crippen molar-refractivity contribution in [3.63, 3.8) is 0 Å². The molecule has 2 N–H and O–H groups in total. The third kappa shape index (κ3) is 3.01. The van der Waals surface area contributed by atoms with Crippen LogP contribution < -0.4 is 15.5 Å². The smallest absolute Gasteiger partial charge is 0.0642 e. The quantitative estimate of drug-likeness (QED) is 0.842. The van der Waals surface area contributed by atoms with Gasteiger partial charge in [0.05, 0.1) is 24.6 Å². The molecule has 4 heteroatoms. The molecule has 0 aliphatic carbocycles. The van der Waals surface area contributed by atoms with Crippen LogP contribution >= 0.6 is 0 Å². The fourth-order valence-corrected chi connectivity index (χ4v) is 3.16. The van der Waals surface area contributed by atoms with Gasteiger partial charge in [0, 0.05) is 31.9 Å². The molecule has 20 heavy (non-hydrogen) atoms. The van der Waals surface area contributed by atoms with Gasteiger partial charge in [-0.15, -0.1) is 0 Å². The highest BCUT2D eigenvalue weighted by molar-refractivity contribution is 5.73. The van der Waals surface area contributed by atoms with Gasteiger partial charge in [0.2, 0.25) is 0 Å². The molecule has 2 aliphatic rings. The number of nitrogens with two attached hydrogens (primary N) is 1. The average molecular weight is 275 g/mol. The topological polar surface area (TPSA) is 41.7 Å². The number of anilines is 3. The maximum atomic E-state index is 6.31. The second kappa shape index (κ2) is 6.35. The Labute approximate surface area is 121 Å². The van der Waals surface area contributed by atoms with Crippen molar-refractivity contribution in [3.8, 4) is 0 Å². The van der Waals surface area contributed by atoms with E-state index in [1.807, 2.05) is 0 Å². The second-order valence-electron chi connectivity index (χ2n) is 5.74. The molecule has 110 valence electrons. The van der Waals surface area contributed by atoms with Gasteiger partial charge in [0.1, 0.15) is 0 Å². The van der Waals surface area contributed by atoms with Gasteiger partial charge in [0.25, 0.3) is 0 Å². The first-order valence-corrected chi connectivity index (χ1v) is 7.82. The maximum Gasteiger partial charge on any atom is 0.0642 e. The SMILES string of the molecule is Nc1cc(N2CCOCC2)ccc1N1CCCCCC1. The predicted molar refractivity (Wildman–Crippen MR) is 84.6 cm³/mol. The number of nitrogen functional groups attached to an aromatic ring is 1. The summed E-state index contributed by atoms with van der Waals surface area (Å²) in [5.41, 5.74) is 9.66. The zero-order valence-electron chi connectivity index (χ0n) is 12.2. The van der Waals surface area contributed by atoms with Crippen LogP contribution in [0, 0.1) is 0 Å². The van der Waals surface area contributed by atoms with Crippen LogP contribution in [-0.2, 0) is 4.74 Å². The Bertz CT molecular complexity index is 435. The third-order valence-corrected chi connectivity index (χ3v) is 4.33. The van der Waals surface area contributed by atoms with E-state index in [0.717, 1.165) is 45.1 Å². The first-order valence-electron chi connectivity index (χ1n) is 7.82. The van der Waals surface area contributed by atoms with E-state index in [2.05, 4.69) is 28.0 Å². The van der Waals surface area contributed by atoms with Crippen LogP contribution in [0.1, 0.15) is 25.7 Å². The molecule has 0 saturated carbocycles. The molecule has 0 bridgehead atoms. The van der Waals surface area contributed by atoms with E-state index in [1.165, 1.54) is 37.1 Å². The number of rotatable bonds is 2. The molecule has 1 aromatic rings. The van der Waals surface area contributed by atoms with E-state index in [4.69, 9.17) is 10.5 Å². The van der Waals surface area contributed by atoms with Crippen molar-refractivity contribution in [1.82, 2.24) is 0 Å². The van der Waals surface area contributed by atoms with E-state index in [0.29, 0.717) is 0 Å². The molecule has 2 heterocycles. The maximum absolute atomic E-state index is 6.31. The summed E-state index contributed by atoms with van der Waals surface area (Å²) in [5, 5.41) is 0. The van der Waals surface area contributed by atoms with E-state index in [9.17, 15) is 0 Å². The molecule has 3 rings (SSSR count). The van der Waals surface area contributed by atoms with Gasteiger partial charge < -0.3 is 20.3 Å². The summed E-state index contributed by atoms with van der Waals surface area (Å²) in [6.45, 7) is 5.83. The monoisotopic (exact) mass is 275 g/mol. The van der Waals surface area contributed by atoms with Crippen molar-refractivity contribution in [2.24, 2.45) is 0 Å². The van der Waals surface area contributed by atoms with Crippen molar-refractivity contribution in [1.29, 1.82) is 0 Å². The molecule has 0 unspecified atom stereocenters. The molecular weight excluding hydrogens is 250 g/mol. The van der Waals surface area contributed by atoms with E-state index < -0.39 is 0 Å². The number of hydrogen-bond donors (Lipinski definition) is 1. The lowest BCUT2D eigenvalue weighted by molar-refractivity contribution is 0.122. The first kappa shape index (κ1) is 13.6. The van der Waals surface area contributed by atoms with Crippen LogP contribution in [0.15, 0.2) is 18.2 Å². The van der Waals surface area contributed by atoms with Gasteiger partial charge in [-0.25, -0.2) is 0 Å². The van der Waals surface area contributed by atoms with Crippen LogP contribution in [-0.4, -0.2) is 39.4 Å². The number of benzene rings is 1. The second-order valence-corrected chi connectivity index (χ2v) is 5.74. The highest BCUT2D eigenvalue weighted by atomic mass is 16.5. The molecule has 0 spiro atoms. The lowest BCUT2D eigenvalue weighted by Crippen LogP contribution is -2.36. The Balaban J connectivity index is 1.75. The van der Waals surface area contributed by atoms with Gasteiger partial charge in [-0.3, -0.25) is 0 Å².